The van der Waals surface area contributed by atoms with Crippen LogP contribution in [0.25, 0.3) is 11.5 Å². The summed E-state index contributed by atoms with van der Waals surface area (Å²) in [5.41, 5.74) is 0.932. The number of rotatable bonds is 6. The van der Waals surface area contributed by atoms with E-state index in [-0.39, 0.29) is 0 Å². The highest BCUT2D eigenvalue weighted by atomic mass is 32.2. The molecule has 2 rings (SSSR count). The average Bonchev–Trinajstić information content (AvgIpc) is 2.88. The van der Waals surface area contributed by atoms with Crippen LogP contribution in [0.2, 0.25) is 0 Å². The molecule has 0 radical (unpaired) electrons. The van der Waals surface area contributed by atoms with Crippen molar-refractivity contribution in [1.82, 2.24) is 10.2 Å². The highest BCUT2D eigenvalue weighted by Gasteiger charge is 2.07. The molecular formula is C13H13N3OS. The van der Waals surface area contributed by atoms with E-state index in [0.717, 1.165) is 24.2 Å². The Bertz CT molecular complexity index is 519. The first-order valence-electron chi connectivity index (χ1n) is 5.79. The molecule has 2 aromatic rings. The van der Waals surface area contributed by atoms with Crippen LogP contribution < -0.4 is 0 Å². The van der Waals surface area contributed by atoms with Crippen LogP contribution in [0.5, 0.6) is 0 Å². The van der Waals surface area contributed by atoms with Gasteiger partial charge in [-0.05, 0) is 25.0 Å². The second kappa shape index (κ2) is 6.82. The van der Waals surface area contributed by atoms with Crippen molar-refractivity contribution in [3.05, 3.63) is 30.3 Å². The molecule has 0 unspecified atom stereocenters. The Hall–Kier alpha value is -1.80. The molecule has 92 valence electrons. The van der Waals surface area contributed by atoms with Crippen LogP contribution in [-0.4, -0.2) is 16.0 Å². The van der Waals surface area contributed by atoms with E-state index >= 15 is 0 Å². The van der Waals surface area contributed by atoms with E-state index in [4.69, 9.17) is 9.68 Å². The molecule has 1 aromatic carbocycles. The molecule has 1 heterocycles. The zero-order valence-electron chi connectivity index (χ0n) is 9.87. The number of nitriles is 1. The van der Waals surface area contributed by atoms with Gasteiger partial charge in [-0.1, -0.05) is 30.0 Å². The molecule has 4 nitrogen and oxygen atoms in total. The number of nitrogens with zero attached hydrogens (tertiary/aromatic N) is 3. The van der Waals surface area contributed by atoms with E-state index in [0.29, 0.717) is 17.5 Å². The van der Waals surface area contributed by atoms with Crippen molar-refractivity contribution < 1.29 is 4.42 Å². The van der Waals surface area contributed by atoms with E-state index in [1.807, 2.05) is 30.3 Å². The van der Waals surface area contributed by atoms with Crippen LogP contribution in [0.15, 0.2) is 40.0 Å². The summed E-state index contributed by atoms with van der Waals surface area (Å²) < 4.78 is 5.55. The minimum absolute atomic E-state index is 0.551. The molecule has 0 bridgehead atoms. The fourth-order valence-corrected chi connectivity index (χ4v) is 2.19. The molecule has 18 heavy (non-hydrogen) atoms. The van der Waals surface area contributed by atoms with Crippen LogP contribution >= 0.6 is 11.8 Å². The lowest BCUT2D eigenvalue weighted by atomic mass is 10.2. The van der Waals surface area contributed by atoms with Crippen molar-refractivity contribution in [2.45, 2.75) is 24.5 Å². The predicted molar refractivity (Wildman–Crippen MR) is 69.9 cm³/mol. The number of aromatic nitrogens is 2. The van der Waals surface area contributed by atoms with Crippen LogP contribution in [0, 0.1) is 11.3 Å². The van der Waals surface area contributed by atoms with Crippen LogP contribution in [0.4, 0.5) is 0 Å². The predicted octanol–water partition coefficient (Wildman–Crippen LogP) is 3.52. The average molecular weight is 259 g/mol. The fraction of sp³-hybridized carbons (Fsp3) is 0.308. The highest BCUT2D eigenvalue weighted by Crippen LogP contribution is 2.23. The molecule has 0 saturated heterocycles. The van der Waals surface area contributed by atoms with Gasteiger partial charge in [0.15, 0.2) is 0 Å². The molecule has 0 aliphatic heterocycles. The summed E-state index contributed by atoms with van der Waals surface area (Å²) in [7, 11) is 0. The van der Waals surface area contributed by atoms with Gasteiger partial charge in [-0.3, -0.25) is 0 Å². The first-order chi connectivity index (χ1) is 8.90. The quantitative estimate of drug-likeness (QED) is 0.586. The maximum Gasteiger partial charge on any atom is 0.276 e. The van der Waals surface area contributed by atoms with E-state index in [2.05, 4.69) is 16.3 Å². The van der Waals surface area contributed by atoms with Gasteiger partial charge in [-0.15, -0.1) is 10.2 Å². The molecule has 1 aromatic heterocycles. The van der Waals surface area contributed by atoms with Crippen molar-refractivity contribution in [3.8, 4) is 17.5 Å². The summed E-state index contributed by atoms with van der Waals surface area (Å²) in [6, 6.07) is 11.8. The van der Waals surface area contributed by atoms with Crippen molar-refractivity contribution in [1.29, 1.82) is 5.26 Å². The molecule has 0 aliphatic carbocycles. The van der Waals surface area contributed by atoms with Gasteiger partial charge in [0, 0.05) is 17.7 Å². The third-order valence-corrected chi connectivity index (χ3v) is 3.24. The number of unbranched alkanes of at least 4 members (excludes halogenated alkanes) is 2. The maximum atomic E-state index is 8.41. The SMILES string of the molecule is N#CCCCCSc1nnc(-c2ccccc2)o1. The van der Waals surface area contributed by atoms with Crippen LogP contribution in [-0.2, 0) is 0 Å². The lowest BCUT2D eigenvalue weighted by molar-refractivity contribution is 0.465. The topological polar surface area (TPSA) is 62.7 Å². The molecule has 0 N–H and O–H groups in total. The minimum Gasteiger partial charge on any atom is -0.411 e. The van der Waals surface area contributed by atoms with Gasteiger partial charge in [0.05, 0.1) is 6.07 Å². The second-order valence-electron chi connectivity index (χ2n) is 3.70. The van der Waals surface area contributed by atoms with Crippen LogP contribution in [0.1, 0.15) is 19.3 Å². The van der Waals surface area contributed by atoms with Gasteiger partial charge < -0.3 is 4.42 Å². The monoisotopic (exact) mass is 259 g/mol. The molecule has 0 amide bonds. The minimum atomic E-state index is 0.551. The van der Waals surface area contributed by atoms with E-state index < -0.39 is 0 Å². The Morgan fingerprint density at radius 2 is 2.00 bits per heavy atom. The highest BCUT2D eigenvalue weighted by molar-refractivity contribution is 7.99. The molecule has 0 spiro atoms. The Morgan fingerprint density at radius 3 is 2.78 bits per heavy atom. The molecule has 0 saturated carbocycles. The number of thioether (sulfide) groups is 1. The largest absolute Gasteiger partial charge is 0.411 e. The molecular weight excluding hydrogens is 246 g/mol. The third-order valence-electron chi connectivity index (χ3n) is 2.34. The zero-order valence-corrected chi connectivity index (χ0v) is 10.7. The molecule has 5 heteroatoms. The number of hydrogen-bond acceptors (Lipinski definition) is 5. The molecule has 0 fully saturated rings. The van der Waals surface area contributed by atoms with Gasteiger partial charge in [-0.25, -0.2) is 0 Å². The zero-order chi connectivity index (χ0) is 12.6. The molecule has 0 atom stereocenters. The lowest BCUT2D eigenvalue weighted by Gasteiger charge is -1.94. The van der Waals surface area contributed by atoms with E-state index in [1.165, 1.54) is 11.8 Å². The summed E-state index contributed by atoms with van der Waals surface area (Å²) in [5, 5.41) is 17.0. The van der Waals surface area contributed by atoms with Crippen molar-refractivity contribution in [2.75, 3.05) is 5.75 Å². The number of hydrogen-bond donors (Lipinski definition) is 0. The fourth-order valence-electron chi connectivity index (χ4n) is 1.43. The Labute approximate surface area is 110 Å². The van der Waals surface area contributed by atoms with Gasteiger partial charge in [0.2, 0.25) is 5.89 Å². The third kappa shape index (κ3) is 3.60. The normalized spacial score (nSPS) is 10.2. The summed E-state index contributed by atoms with van der Waals surface area (Å²) in [6.07, 6.45) is 2.52. The first-order valence-corrected chi connectivity index (χ1v) is 6.77. The van der Waals surface area contributed by atoms with Crippen molar-refractivity contribution in [2.24, 2.45) is 0 Å². The van der Waals surface area contributed by atoms with Crippen LogP contribution in [0.3, 0.4) is 0 Å². The van der Waals surface area contributed by atoms with Gasteiger partial charge in [0.1, 0.15) is 0 Å². The smallest absolute Gasteiger partial charge is 0.276 e. The number of benzene rings is 1. The van der Waals surface area contributed by atoms with Crippen molar-refractivity contribution in [3.63, 3.8) is 0 Å². The Balaban J connectivity index is 1.86. The molecule has 0 aliphatic rings. The summed E-state index contributed by atoms with van der Waals surface area (Å²) >= 11 is 1.54. The van der Waals surface area contributed by atoms with E-state index in [1.54, 1.807) is 0 Å². The summed E-state index contributed by atoms with van der Waals surface area (Å²) in [6.45, 7) is 0. The van der Waals surface area contributed by atoms with Crippen molar-refractivity contribution >= 4 is 11.8 Å². The van der Waals surface area contributed by atoms with Gasteiger partial charge in [-0.2, -0.15) is 5.26 Å². The van der Waals surface area contributed by atoms with Gasteiger partial charge in [0.25, 0.3) is 5.22 Å². The standard InChI is InChI=1S/C13H13N3OS/c14-9-5-2-6-10-18-13-16-15-12(17-13)11-7-3-1-4-8-11/h1,3-4,7-8H,2,5-6,10H2. The summed E-state index contributed by atoms with van der Waals surface area (Å²) in [4.78, 5) is 0. The first kappa shape index (κ1) is 12.7. The maximum absolute atomic E-state index is 8.41. The van der Waals surface area contributed by atoms with E-state index in [9.17, 15) is 0 Å². The summed E-state index contributed by atoms with van der Waals surface area (Å²) in [5.74, 6) is 1.45. The second-order valence-corrected chi connectivity index (χ2v) is 4.75. The Morgan fingerprint density at radius 1 is 1.17 bits per heavy atom. The lowest BCUT2D eigenvalue weighted by Crippen LogP contribution is -1.80. The Kier molecular flexibility index (Phi) is 4.79. The van der Waals surface area contributed by atoms with Gasteiger partial charge >= 0.3 is 0 Å².